The van der Waals surface area contributed by atoms with Gasteiger partial charge in [0.15, 0.2) is 10.9 Å². The van der Waals surface area contributed by atoms with Gasteiger partial charge in [-0.1, -0.05) is 40.9 Å². The predicted octanol–water partition coefficient (Wildman–Crippen LogP) is 7.02. The first-order valence-electron chi connectivity index (χ1n) is 10.1. The lowest BCUT2D eigenvalue weighted by Gasteiger charge is -2.31. The monoisotopic (exact) mass is 507 g/mol. The lowest BCUT2D eigenvalue weighted by molar-refractivity contribution is 0.0951. The Bertz CT molecular complexity index is 1160. The second-order valence-corrected chi connectivity index (χ2v) is 9.04. The number of benzene rings is 2. The standard InChI is InChI=1S/C23H20Cl3N3O2S/c24-14-7-8-15(17(26)13-14)19-9-10-20(31-19)22(30)28-23(32)27-18-6-4-5-16(25)21(18)29-11-2-1-3-12-29/h4-10,13H,1-3,11-12H2,(H2,27,28,30,32). The first kappa shape index (κ1) is 22.9. The van der Waals surface area contributed by atoms with Gasteiger partial charge in [0, 0.05) is 23.7 Å². The van der Waals surface area contributed by atoms with Gasteiger partial charge in [-0.25, -0.2) is 0 Å². The summed E-state index contributed by atoms with van der Waals surface area (Å²) < 4.78 is 5.68. The SMILES string of the molecule is O=C(NC(=S)Nc1cccc(Cl)c1N1CCCCC1)c1ccc(-c2ccc(Cl)cc2Cl)o1. The molecule has 1 saturated heterocycles. The molecular weight excluding hydrogens is 489 g/mol. The van der Waals surface area contributed by atoms with Crippen molar-refractivity contribution in [1.29, 1.82) is 0 Å². The van der Waals surface area contributed by atoms with E-state index in [0.29, 0.717) is 26.4 Å². The molecule has 1 fully saturated rings. The van der Waals surface area contributed by atoms with Crippen molar-refractivity contribution in [2.45, 2.75) is 19.3 Å². The summed E-state index contributed by atoms with van der Waals surface area (Å²) in [5.41, 5.74) is 2.28. The molecule has 0 radical (unpaired) electrons. The van der Waals surface area contributed by atoms with Crippen molar-refractivity contribution in [2.24, 2.45) is 0 Å². The summed E-state index contributed by atoms with van der Waals surface area (Å²) in [6.07, 6.45) is 3.44. The summed E-state index contributed by atoms with van der Waals surface area (Å²) in [5.74, 6) is 0.0934. The number of furan rings is 1. The number of nitrogens with zero attached hydrogens (tertiary/aromatic N) is 1. The van der Waals surface area contributed by atoms with Crippen LogP contribution < -0.4 is 15.5 Å². The average Bonchev–Trinajstić information content (AvgIpc) is 3.24. The molecule has 0 atom stereocenters. The van der Waals surface area contributed by atoms with Gasteiger partial charge in [-0.05, 0) is 73.9 Å². The van der Waals surface area contributed by atoms with Crippen molar-refractivity contribution in [3.63, 3.8) is 0 Å². The number of rotatable bonds is 4. The van der Waals surface area contributed by atoms with E-state index >= 15 is 0 Å². The Balaban J connectivity index is 1.46. The minimum absolute atomic E-state index is 0.109. The highest BCUT2D eigenvalue weighted by Crippen LogP contribution is 2.36. The van der Waals surface area contributed by atoms with E-state index in [4.69, 9.17) is 51.4 Å². The molecular formula is C23H20Cl3N3O2S. The Morgan fingerprint density at radius 3 is 2.50 bits per heavy atom. The Morgan fingerprint density at radius 1 is 0.969 bits per heavy atom. The summed E-state index contributed by atoms with van der Waals surface area (Å²) in [6.45, 7) is 1.86. The van der Waals surface area contributed by atoms with Gasteiger partial charge >= 0.3 is 0 Å². The van der Waals surface area contributed by atoms with E-state index in [2.05, 4.69) is 15.5 Å². The predicted molar refractivity (Wildman–Crippen MR) is 135 cm³/mol. The van der Waals surface area contributed by atoms with Crippen molar-refractivity contribution in [3.8, 4) is 11.3 Å². The minimum atomic E-state index is -0.472. The topological polar surface area (TPSA) is 57.5 Å². The maximum Gasteiger partial charge on any atom is 0.293 e. The van der Waals surface area contributed by atoms with Crippen molar-refractivity contribution in [1.82, 2.24) is 5.32 Å². The maximum absolute atomic E-state index is 12.7. The van der Waals surface area contributed by atoms with Crippen LogP contribution in [0.2, 0.25) is 15.1 Å². The lowest BCUT2D eigenvalue weighted by Crippen LogP contribution is -2.35. The van der Waals surface area contributed by atoms with Gasteiger partial charge in [-0.3, -0.25) is 10.1 Å². The normalized spacial score (nSPS) is 13.7. The fraction of sp³-hybridized carbons (Fsp3) is 0.217. The van der Waals surface area contributed by atoms with Crippen LogP contribution in [0.1, 0.15) is 29.8 Å². The molecule has 1 aromatic heterocycles. The van der Waals surface area contributed by atoms with Gasteiger partial charge in [0.2, 0.25) is 0 Å². The zero-order valence-electron chi connectivity index (χ0n) is 17.0. The van der Waals surface area contributed by atoms with Crippen molar-refractivity contribution in [3.05, 3.63) is 69.4 Å². The summed E-state index contributed by atoms with van der Waals surface area (Å²) in [6, 6.07) is 13.9. The molecule has 1 amide bonds. The number of carbonyl (C=O) groups excluding carboxylic acids is 1. The summed E-state index contributed by atoms with van der Waals surface area (Å²) in [5, 5.41) is 7.50. The number of anilines is 2. The fourth-order valence-electron chi connectivity index (χ4n) is 3.67. The molecule has 3 aromatic rings. The molecule has 0 bridgehead atoms. The van der Waals surface area contributed by atoms with E-state index in [9.17, 15) is 4.79 Å². The third kappa shape index (κ3) is 5.21. The van der Waals surface area contributed by atoms with E-state index in [1.165, 1.54) is 6.42 Å². The van der Waals surface area contributed by atoms with Crippen LogP contribution in [0.4, 0.5) is 11.4 Å². The second kappa shape index (κ2) is 10.1. The lowest BCUT2D eigenvalue weighted by atomic mass is 10.1. The molecule has 5 nitrogen and oxygen atoms in total. The van der Waals surface area contributed by atoms with Crippen molar-refractivity contribution >= 4 is 69.4 Å². The summed E-state index contributed by atoms with van der Waals surface area (Å²) in [7, 11) is 0. The van der Waals surface area contributed by atoms with Crippen LogP contribution in [0.25, 0.3) is 11.3 Å². The number of hydrogen-bond acceptors (Lipinski definition) is 4. The molecule has 1 aliphatic heterocycles. The second-order valence-electron chi connectivity index (χ2n) is 7.38. The van der Waals surface area contributed by atoms with Gasteiger partial charge in [0.1, 0.15) is 5.76 Å². The van der Waals surface area contributed by atoms with Crippen LogP contribution >= 0.6 is 47.0 Å². The van der Waals surface area contributed by atoms with Crippen LogP contribution in [-0.4, -0.2) is 24.1 Å². The number of para-hydroxylation sites is 1. The zero-order valence-corrected chi connectivity index (χ0v) is 20.0. The smallest absolute Gasteiger partial charge is 0.293 e. The molecule has 2 N–H and O–H groups in total. The zero-order chi connectivity index (χ0) is 22.7. The number of thiocarbonyl (C=S) groups is 1. The highest BCUT2D eigenvalue weighted by atomic mass is 35.5. The van der Waals surface area contributed by atoms with Gasteiger partial charge < -0.3 is 14.6 Å². The highest BCUT2D eigenvalue weighted by Gasteiger charge is 2.20. The minimum Gasteiger partial charge on any atom is -0.451 e. The third-order valence-electron chi connectivity index (χ3n) is 5.16. The quantitative estimate of drug-likeness (QED) is 0.371. The van der Waals surface area contributed by atoms with Crippen LogP contribution in [0.15, 0.2) is 52.9 Å². The molecule has 0 unspecified atom stereocenters. The van der Waals surface area contributed by atoms with Crippen LogP contribution in [-0.2, 0) is 0 Å². The summed E-state index contributed by atoms with van der Waals surface area (Å²) in [4.78, 5) is 14.9. The first-order valence-corrected chi connectivity index (χ1v) is 11.7. The molecule has 166 valence electrons. The molecule has 9 heteroatoms. The molecule has 2 aromatic carbocycles. The van der Waals surface area contributed by atoms with E-state index in [-0.39, 0.29) is 10.9 Å². The molecule has 0 spiro atoms. The molecule has 4 rings (SSSR count). The molecule has 2 heterocycles. The number of piperidine rings is 1. The average molecular weight is 509 g/mol. The largest absolute Gasteiger partial charge is 0.451 e. The van der Waals surface area contributed by atoms with Gasteiger partial charge in [-0.2, -0.15) is 0 Å². The molecule has 0 aliphatic carbocycles. The number of nitrogens with one attached hydrogen (secondary N) is 2. The Kier molecular flexibility index (Phi) is 7.26. The maximum atomic E-state index is 12.7. The third-order valence-corrected chi connectivity index (χ3v) is 6.22. The fourth-order valence-corrected chi connectivity index (χ4v) is 4.67. The van der Waals surface area contributed by atoms with Crippen molar-refractivity contribution < 1.29 is 9.21 Å². The van der Waals surface area contributed by atoms with Crippen LogP contribution in [0.3, 0.4) is 0 Å². The Morgan fingerprint density at radius 2 is 1.75 bits per heavy atom. The molecule has 32 heavy (non-hydrogen) atoms. The van der Waals surface area contributed by atoms with Gasteiger partial charge in [0.05, 0.1) is 21.4 Å². The van der Waals surface area contributed by atoms with E-state index < -0.39 is 5.91 Å². The molecule has 1 aliphatic rings. The van der Waals surface area contributed by atoms with Gasteiger partial charge in [-0.15, -0.1) is 0 Å². The van der Waals surface area contributed by atoms with E-state index in [0.717, 1.165) is 37.3 Å². The van der Waals surface area contributed by atoms with E-state index in [1.54, 1.807) is 30.3 Å². The highest BCUT2D eigenvalue weighted by molar-refractivity contribution is 7.80. The number of carbonyl (C=O) groups is 1. The van der Waals surface area contributed by atoms with Crippen molar-refractivity contribution in [2.75, 3.05) is 23.3 Å². The number of halogens is 3. The Labute approximate surface area is 206 Å². The number of amides is 1. The Hall–Kier alpha value is -2.25. The summed E-state index contributed by atoms with van der Waals surface area (Å²) >= 11 is 24.0. The molecule has 0 saturated carbocycles. The first-order chi connectivity index (χ1) is 15.4. The van der Waals surface area contributed by atoms with Crippen LogP contribution in [0, 0.1) is 0 Å². The van der Waals surface area contributed by atoms with Crippen LogP contribution in [0.5, 0.6) is 0 Å². The van der Waals surface area contributed by atoms with E-state index in [1.807, 2.05) is 18.2 Å². The number of hydrogen-bond donors (Lipinski definition) is 2. The van der Waals surface area contributed by atoms with Gasteiger partial charge in [0.25, 0.3) is 5.91 Å².